The largest absolute Gasteiger partial charge is 0.478 e. The van der Waals surface area contributed by atoms with E-state index in [1.54, 1.807) is 6.08 Å². The third-order valence-electron chi connectivity index (χ3n) is 3.63. The van der Waals surface area contributed by atoms with Gasteiger partial charge in [0.25, 0.3) is 0 Å². The topological polar surface area (TPSA) is 37.3 Å². The van der Waals surface area contributed by atoms with Crippen LogP contribution in [0.25, 0.3) is 0 Å². The van der Waals surface area contributed by atoms with Gasteiger partial charge in [-0.3, -0.25) is 0 Å². The van der Waals surface area contributed by atoms with Crippen LogP contribution in [0.15, 0.2) is 11.6 Å². The molecule has 14 heavy (non-hydrogen) atoms. The smallest absolute Gasteiger partial charge is 0.333 e. The predicted octanol–water partition coefficient (Wildman–Crippen LogP) is 2.40. The fourth-order valence-electron chi connectivity index (χ4n) is 2.93. The number of carbonyl (C=O) groups is 1. The average Bonchev–Trinajstić information content (AvgIpc) is 2.74. The fraction of sp³-hybridized carbons (Fsp3) is 0.727. The van der Waals surface area contributed by atoms with Gasteiger partial charge < -0.3 is 5.11 Å². The van der Waals surface area contributed by atoms with Gasteiger partial charge in [0.1, 0.15) is 6.67 Å². The second-order valence-corrected chi connectivity index (χ2v) is 4.47. The molecule has 0 aliphatic heterocycles. The molecule has 0 radical (unpaired) electrons. The molecule has 3 unspecified atom stereocenters. The van der Waals surface area contributed by atoms with Crippen LogP contribution in [0.2, 0.25) is 0 Å². The minimum Gasteiger partial charge on any atom is -0.478 e. The van der Waals surface area contributed by atoms with Crippen molar-refractivity contribution in [3.63, 3.8) is 0 Å². The van der Waals surface area contributed by atoms with Crippen molar-refractivity contribution in [2.24, 2.45) is 17.8 Å². The number of carboxylic acids is 1. The lowest BCUT2D eigenvalue weighted by atomic mass is 9.87. The normalized spacial score (nSPS) is 36.4. The Kier molecular flexibility index (Phi) is 2.57. The van der Waals surface area contributed by atoms with Gasteiger partial charge in [0, 0.05) is 0 Å². The average molecular weight is 198 g/mol. The molecule has 2 aliphatic rings. The molecular weight excluding hydrogens is 183 g/mol. The highest BCUT2D eigenvalue weighted by Crippen LogP contribution is 2.49. The fourth-order valence-corrected chi connectivity index (χ4v) is 2.93. The molecule has 78 valence electrons. The quantitative estimate of drug-likeness (QED) is 0.707. The second-order valence-electron chi connectivity index (χ2n) is 4.47. The van der Waals surface area contributed by atoms with Crippen LogP contribution in [-0.4, -0.2) is 17.8 Å². The molecule has 0 aromatic rings. The number of hydrogen-bond acceptors (Lipinski definition) is 1. The molecule has 3 heteroatoms. The first kappa shape index (κ1) is 9.69. The molecule has 0 aromatic heterocycles. The highest BCUT2D eigenvalue weighted by atomic mass is 19.1. The van der Waals surface area contributed by atoms with Crippen LogP contribution in [0.5, 0.6) is 0 Å². The van der Waals surface area contributed by atoms with Crippen molar-refractivity contribution < 1.29 is 14.3 Å². The van der Waals surface area contributed by atoms with E-state index in [0.717, 1.165) is 12.3 Å². The lowest BCUT2D eigenvalue weighted by Gasteiger charge is -2.18. The van der Waals surface area contributed by atoms with Gasteiger partial charge in [0.2, 0.25) is 0 Å². The van der Waals surface area contributed by atoms with E-state index in [9.17, 15) is 9.18 Å². The van der Waals surface area contributed by atoms with E-state index in [0.29, 0.717) is 11.8 Å². The van der Waals surface area contributed by atoms with Crippen molar-refractivity contribution >= 4 is 5.97 Å². The standard InChI is InChI=1S/C11H15FO2/c12-6-10(11(13)14)5-9-4-7-1-2-8(9)3-7/h5,7-9H,1-4,6H2,(H,13,14). The van der Waals surface area contributed by atoms with Crippen molar-refractivity contribution in [1.29, 1.82) is 0 Å². The number of allylic oxidation sites excluding steroid dienone is 1. The number of halogens is 1. The Hall–Kier alpha value is -0.860. The molecular formula is C11H15FO2. The zero-order valence-corrected chi connectivity index (χ0v) is 8.08. The van der Waals surface area contributed by atoms with E-state index in [1.807, 2.05) is 0 Å². The maximum absolute atomic E-state index is 12.4. The summed E-state index contributed by atoms with van der Waals surface area (Å²) in [5.41, 5.74) is -0.0532. The molecule has 2 aliphatic carbocycles. The molecule has 2 nitrogen and oxygen atoms in total. The summed E-state index contributed by atoms with van der Waals surface area (Å²) in [7, 11) is 0. The first-order valence-electron chi connectivity index (χ1n) is 5.20. The zero-order chi connectivity index (χ0) is 10.1. The van der Waals surface area contributed by atoms with Crippen LogP contribution >= 0.6 is 0 Å². The van der Waals surface area contributed by atoms with Crippen LogP contribution in [-0.2, 0) is 4.79 Å². The number of carboxylic acid groups (broad SMARTS) is 1. The van der Waals surface area contributed by atoms with Crippen molar-refractivity contribution in [3.05, 3.63) is 11.6 Å². The van der Waals surface area contributed by atoms with Gasteiger partial charge in [-0.25, -0.2) is 9.18 Å². The summed E-state index contributed by atoms with van der Waals surface area (Å²) in [4.78, 5) is 10.6. The Morgan fingerprint density at radius 3 is 2.64 bits per heavy atom. The van der Waals surface area contributed by atoms with Gasteiger partial charge in [-0.2, -0.15) is 0 Å². The predicted molar refractivity (Wildman–Crippen MR) is 50.6 cm³/mol. The molecule has 0 spiro atoms. The lowest BCUT2D eigenvalue weighted by Crippen LogP contribution is -2.11. The molecule has 2 rings (SSSR count). The van der Waals surface area contributed by atoms with E-state index in [1.165, 1.54) is 19.3 Å². The van der Waals surface area contributed by atoms with Crippen LogP contribution in [0.3, 0.4) is 0 Å². The van der Waals surface area contributed by atoms with Crippen molar-refractivity contribution in [2.45, 2.75) is 25.7 Å². The number of alkyl halides is 1. The van der Waals surface area contributed by atoms with E-state index < -0.39 is 12.6 Å². The first-order chi connectivity index (χ1) is 6.70. The molecule has 0 aromatic carbocycles. The van der Waals surface area contributed by atoms with Gasteiger partial charge in [0.05, 0.1) is 5.57 Å². The van der Waals surface area contributed by atoms with E-state index in [-0.39, 0.29) is 5.57 Å². The summed E-state index contributed by atoms with van der Waals surface area (Å²) in [5, 5.41) is 8.70. The number of rotatable bonds is 3. The van der Waals surface area contributed by atoms with E-state index in [2.05, 4.69) is 0 Å². The summed E-state index contributed by atoms with van der Waals surface area (Å²) < 4.78 is 12.4. The molecule has 0 saturated heterocycles. The van der Waals surface area contributed by atoms with Crippen LogP contribution in [0.1, 0.15) is 25.7 Å². The number of hydrogen-bond donors (Lipinski definition) is 1. The Bertz CT molecular complexity index is 272. The lowest BCUT2D eigenvalue weighted by molar-refractivity contribution is -0.132. The Labute approximate surface area is 82.8 Å². The summed E-state index contributed by atoms with van der Waals surface area (Å²) in [6.45, 7) is -0.844. The molecule has 0 amide bonds. The van der Waals surface area contributed by atoms with E-state index in [4.69, 9.17) is 5.11 Å². The first-order valence-corrected chi connectivity index (χ1v) is 5.20. The van der Waals surface area contributed by atoms with Crippen LogP contribution < -0.4 is 0 Å². The molecule has 1 N–H and O–H groups in total. The monoisotopic (exact) mass is 198 g/mol. The van der Waals surface area contributed by atoms with Crippen molar-refractivity contribution in [2.75, 3.05) is 6.67 Å². The minimum atomic E-state index is -1.10. The Morgan fingerprint density at radius 2 is 2.21 bits per heavy atom. The van der Waals surface area contributed by atoms with Crippen molar-refractivity contribution in [1.82, 2.24) is 0 Å². The molecule has 2 fully saturated rings. The van der Waals surface area contributed by atoms with Crippen molar-refractivity contribution in [3.8, 4) is 0 Å². The summed E-state index contributed by atoms with van der Waals surface area (Å²) in [6.07, 6.45) is 6.44. The molecule has 3 atom stereocenters. The zero-order valence-electron chi connectivity index (χ0n) is 8.08. The Balaban J connectivity index is 2.06. The highest BCUT2D eigenvalue weighted by molar-refractivity contribution is 5.86. The van der Waals surface area contributed by atoms with Crippen LogP contribution in [0, 0.1) is 17.8 Å². The van der Waals surface area contributed by atoms with Gasteiger partial charge in [-0.15, -0.1) is 0 Å². The maximum atomic E-state index is 12.4. The third kappa shape index (κ3) is 1.68. The molecule has 2 bridgehead atoms. The van der Waals surface area contributed by atoms with Gasteiger partial charge in [0.15, 0.2) is 0 Å². The highest BCUT2D eigenvalue weighted by Gasteiger charge is 2.38. The van der Waals surface area contributed by atoms with Gasteiger partial charge in [-0.1, -0.05) is 12.5 Å². The SMILES string of the molecule is O=C(O)C(=CC1CC2CCC1C2)CF. The van der Waals surface area contributed by atoms with Gasteiger partial charge >= 0.3 is 5.97 Å². The summed E-state index contributed by atoms with van der Waals surface area (Å²) in [5.74, 6) is 0.627. The molecule has 2 saturated carbocycles. The van der Waals surface area contributed by atoms with Crippen LogP contribution in [0.4, 0.5) is 4.39 Å². The Morgan fingerprint density at radius 1 is 1.43 bits per heavy atom. The summed E-state index contributed by atoms with van der Waals surface area (Å²) in [6, 6.07) is 0. The number of aliphatic carboxylic acids is 1. The minimum absolute atomic E-state index is 0.0532. The summed E-state index contributed by atoms with van der Waals surface area (Å²) >= 11 is 0. The van der Waals surface area contributed by atoms with E-state index >= 15 is 0 Å². The number of fused-ring (bicyclic) bond motifs is 2. The maximum Gasteiger partial charge on any atom is 0.333 e. The van der Waals surface area contributed by atoms with Gasteiger partial charge in [-0.05, 0) is 37.0 Å². The third-order valence-corrected chi connectivity index (χ3v) is 3.63. The molecule has 0 heterocycles. The second kappa shape index (κ2) is 3.71.